The van der Waals surface area contributed by atoms with E-state index in [1.165, 1.54) is 15.7 Å². The summed E-state index contributed by atoms with van der Waals surface area (Å²) in [4.78, 5) is 16.6. The van der Waals surface area contributed by atoms with Crippen LogP contribution in [0.25, 0.3) is 0 Å². The molecule has 1 atom stereocenters. The molecule has 3 aromatic rings. The molecule has 1 aromatic carbocycles. The zero-order valence-corrected chi connectivity index (χ0v) is 17.4. The molecule has 0 radical (unpaired) electrons. The average molecular weight is 453 g/mol. The van der Waals surface area contributed by atoms with Crippen molar-refractivity contribution in [3.8, 4) is 0 Å². The number of carbonyl (C=O) groups is 1. The van der Waals surface area contributed by atoms with Crippen LogP contribution in [0, 0.1) is 5.92 Å². The predicted octanol–water partition coefficient (Wildman–Crippen LogP) is 4.35. The highest BCUT2D eigenvalue weighted by atomic mass is 35.5. The molecular weight excluding hydrogens is 433 g/mol. The van der Waals surface area contributed by atoms with Crippen molar-refractivity contribution in [3.63, 3.8) is 0 Å². The van der Waals surface area contributed by atoms with Crippen LogP contribution in [0.15, 0.2) is 36.7 Å². The van der Waals surface area contributed by atoms with E-state index in [4.69, 9.17) is 11.6 Å². The molecule has 11 heteroatoms. The van der Waals surface area contributed by atoms with Crippen molar-refractivity contribution in [2.75, 3.05) is 5.32 Å². The van der Waals surface area contributed by atoms with Gasteiger partial charge in [0.1, 0.15) is 6.33 Å². The van der Waals surface area contributed by atoms with E-state index in [0.717, 1.165) is 24.5 Å². The molecule has 31 heavy (non-hydrogen) atoms. The van der Waals surface area contributed by atoms with Crippen LogP contribution in [0.5, 0.6) is 0 Å². The minimum Gasteiger partial charge on any atom is -0.293 e. The van der Waals surface area contributed by atoms with Crippen molar-refractivity contribution in [2.45, 2.75) is 44.9 Å². The molecule has 2 aromatic heterocycles. The van der Waals surface area contributed by atoms with Crippen molar-refractivity contribution < 1.29 is 18.0 Å². The molecule has 4 rings (SSSR count). The molecule has 1 fully saturated rings. The van der Waals surface area contributed by atoms with Gasteiger partial charge in [0.15, 0.2) is 5.69 Å². The first kappa shape index (κ1) is 21.4. The maximum Gasteiger partial charge on any atom is 0.435 e. The van der Waals surface area contributed by atoms with Crippen LogP contribution in [0.4, 0.5) is 19.1 Å². The van der Waals surface area contributed by atoms with Crippen molar-refractivity contribution in [3.05, 3.63) is 58.6 Å². The summed E-state index contributed by atoms with van der Waals surface area (Å²) < 4.78 is 42.0. The summed E-state index contributed by atoms with van der Waals surface area (Å²) in [5, 5.41) is 11.1. The van der Waals surface area contributed by atoms with Gasteiger partial charge in [0.2, 0.25) is 11.9 Å². The number of rotatable bonds is 7. The van der Waals surface area contributed by atoms with Gasteiger partial charge in [-0.1, -0.05) is 36.7 Å². The van der Waals surface area contributed by atoms with E-state index in [1.54, 1.807) is 13.0 Å². The lowest BCUT2D eigenvalue weighted by Crippen LogP contribution is -2.26. The van der Waals surface area contributed by atoms with Crippen molar-refractivity contribution in [1.29, 1.82) is 0 Å². The number of carbonyl (C=O) groups excluding carboxylic acids is 1. The Balaban J connectivity index is 1.40. The second-order valence-electron chi connectivity index (χ2n) is 7.66. The van der Waals surface area contributed by atoms with Gasteiger partial charge in [-0.3, -0.25) is 14.8 Å². The number of hydrogen-bond acceptors (Lipinski definition) is 4. The Morgan fingerprint density at radius 2 is 2.03 bits per heavy atom. The Kier molecular flexibility index (Phi) is 5.74. The number of benzene rings is 1. The van der Waals surface area contributed by atoms with Crippen LogP contribution in [0.2, 0.25) is 5.02 Å². The SMILES string of the molecule is CC(Cn1nc(C(F)(F)F)cc1C1CC1)C(=O)Nc1ncn(Cc2ccccc2Cl)n1. The van der Waals surface area contributed by atoms with Crippen LogP contribution in [-0.2, 0) is 24.1 Å². The van der Waals surface area contributed by atoms with Gasteiger partial charge in [-0.25, -0.2) is 9.67 Å². The van der Waals surface area contributed by atoms with Gasteiger partial charge < -0.3 is 0 Å². The topological polar surface area (TPSA) is 77.6 Å². The third-order valence-electron chi connectivity index (χ3n) is 5.05. The first-order valence-electron chi connectivity index (χ1n) is 9.79. The monoisotopic (exact) mass is 452 g/mol. The van der Waals surface area contributed by atoms with Gasteiger partial charge >= 0.3 is 6.18 Å². The van der Waals surface area contributed by atoms with Crippen molar-refractivity contribution >= 4 is 23.5 Å². The third-order valence-corrected chi connectivity index (χ3v) is 5.42. The zero-order chi connectivity index (χ0) is 22.2. The predicted molar refractivity (Wildman–Crippen MR) is 108 cm³/mol. The van der Waals surface area contributed by atoms with Crippen LogP contribution in [0.3, 0.4) is 0 Å². The van der Waals surface area contributed by atoms with Crippen LogP contribution < -0.4 is 5.32 Å². The fraction of sp³-hybridized carbons (Fsp3) is 0.400. The molecule has 1 N–H and O–H groups in total. The van der Waals surface area contributed by atoms with Gasteiger partial charge in [0, 0.05) is 16.6 Å². The lowest BCUT2D eigenvalue weighted by molar-refractivity contribution is -0.141. The summed E-state index contributed by atoms with van der Waals surface area (Å²) in [6.07, 6.45) is -1.39. The number of anilines is 1. The molecule has 164 valence electrons. The second kappa shape index (κ2) is 8.33. The van der Waals surface area contributed by atoms with E-state index in [9.17, 15) is 18.0 Å². The zero-order valence-electron chi connectivity index (χ0n) is 16.6. The molecule has 1 saturated carbocycles. The van der Waals surface area contributed by atoms with Gasteiger partial charge in [0.25, 0.3) is 0 Å². The Hall–Kier alpha value is -2.88. The Morgan fingerprint density at radius 1 is 1.29 bits per heavy atom. The molecule has 1 amide bonds. The summed E-state index contributed by atoms with van der Waals surface area (Å²) in [6, 6.07) is 8.40. The number of nitrogens with zero attached hydrogens (tertiary/aromatic N) is 5. The number of nitrogens with one attached hydrogen (secondary N) is 1. The molecule has 0 spiro atoms. The normalized spacial score (nSPS) is 15.1. The maximum atomic E-state index is 13.0. The van der Waals surface area contributed by atoms with E-state index >= 15 is 0 Å². The van der Waals surface area contributed by atoms with E-state index in [-0.39, 0.29) is 18.4 Å². The standard InChI is InChI=1S/C20H20ClF3N6O/c1-12(9-30-16(13-6-7-13)8-17(27-30)20(22,23)24)18(31)26-19-25-11-29(28-19)10-14-4-2-3-5-15(14)21/h2-5,8,11-13H,6-7,9-10H2,1H3,(H,26,28,31). The van der Waals surface area contributed by atoms with Crippen LogP contribution in [-0.4, -0.2) is 30.5 Å². The minimum atomic E-state index is -4.52. The van der Waals surface area contributed by atoms with Gasteiger partial charge in [-0.05, 0) is 30.5 Å². The van der Waals surface area contributed by atoms with Gasteiger partial charge in [-0.2, -0.15) is 18.3 Å². The molecular formula is C20H20ClF3N6O. The highest BCUT2D eigenvalue weighted by molar-refractivity contribution is 6.31. The fourth-order valence-corrected chi connectivity index (χ4v) is 3.42. The highest BCUT2D eigenvalue weighted by Gasteiger charge is 2.38. The molecule has 1 aliphatic carbocycles. The van der Waals surface area contributed by atoms with E-state index in [2.05, 4.69) is 20.5 Å². The molecule has 0 saturated heterocycles. The second-order valence-corrected chi connectivity index (χ2v) is 8.06. The van der Waals surface area contributed by atoms with Gasteiger partial charge in [-0.15, -0.1) is 5.10 Å². The molecule has 0 bridgehead atoms. The minimum absolute atomic E-state index is 0.0358. The maximum absolute atomic E-state index is 13.0. The molecule has 0 aliphatic heterocycles. The van der Waals surface area contributed by atoms with E-state index in [1.807, 2.05) is 18.2 Å². The lowest BCUT2D eigenvalue weighted by Gasteiger charge is -2.13. The first-order valence-corrected chi connectivity index (χ1v) is 10.2. The molecule has 2 heterocycles. The third kappa shape index (κ3) is 5.07. The Labute approximate surface area is 181 Å². The molecule has 1 unspecified atom stereocenters. The van der Waals surface area contributed by atoms with Crippen LogP contribution in [0.1, 0.15) is 42.6 Å². The largest absolute Gasteiger partial charge is 0.435 e. The summed E-state index contributed by atoms with van der Waals surface area (Å²) in [6.45, 7) is 2.05. The molecule has 7 nitrogen and oxygen atoms in total. The fourth-order valence-electron chi connectivity index (χ4n) is 3.23. The van der Waals surface area contributed by atoms with Crippen molar-refractivity contribution in [1.82, 2.24) is 24.5 Å². The quantitative estimate of drug-likeness (QED) is 0.578. The van der Waals surface area contributed by atoms with Crippen molar-refractivity contribution in [2.24, 2.45) is 5.92 Å². The number of amides is 1. The molecule has 1 aliphatic rings. The number of hydrogen-bond donors (Lipinski definition) is 1. The first-order chi connectivity index (χ1) is 14.7. The highest BCUT2D eigenvalue weighted by Crippen LogP contribution is 2.42. The van der Waals surface area contributed by atoms with E-state index in [0.29, 0.717) is 17.3 Å². The summed E-state index contributed by atoms with van der Waals surface area (Å²) in [7, 11) is 0. The summed E-state index contributed by atoms with van der Waals surface area (Å²) in [5.41, 5.74) is 0.447. The smallest absolute Gasteiger partial charge is 0.293 e. The summed E-state index contributed by atoms with van der Waals surface area (Å²) >= 11 is 6.14. The number of aromatic nitrogens is 5. The number of halogens is 4. The van der Waals surface area contributed by atoms with E-state index < -0.39 is 23.7 Å². The lowest BCUT2D eigenvalue weighted by atomic mass is 10.1. The van der Waals surface area contributed by atoms with Crippen LogP contribution >= 0.6 is 11.6 Å². The average Bonchev–Trinajstić information content (AvgIpc) is 3.31. The Morgan fingerprint density at radius 3 is 2.71 bits per heavy atom. The summed E-state index contributed by atoms with van der Waals surface area (Å²) in [5.74, 6) is -0.848. The number of alkyl halides is 3. The Bertz CT molecular complexity index is 1090. The van der Waals surface area contributed by atoms with Gasteiger partial charge in [0.05, 0.1) is 19.0 Å².